The molecule has 0 saturated carbocycles. The van der Waals surface area contributed by atoms with Gasteiger partial charge in [-0.3, -0.25) is 0 Å². The lowest BCUT2D eigenvalue weighted by Gasteiger charge is -2.24. The van der Waals surface area contributed by atoms with Gasteiger partial charge in [0.2, 0.25) is 0 Å². The number of methoxy groups -OCH3 is 2. The van der Waals surface area contributed by atoms with Crippen LogP contribution < -0.4 is 9.64 Å². The van der Waals surface area contributed by atoms with E-state index in [-0.39, 0.29) is 17.0 Å². The van der Waals surface area contributed by atoms with Crippen molar-refractivity contribution >= 4 is 40.2 Å². The number of carbonyl (C=O) groups is 2. The van der Waals surface area contributed by atoms with Gasteiger partial charge in [0.1, 0.15) is 11.4 Å². The summed E-state index contributed by atoms with van der Waals surface area (Å²) in [6.07, 6.45) is 6.15. The number of halogens is 3. The molecule has 2 rings (SSSR count). The number of nitrogens with zero attached hydrogens (tertiary/aromatic N) is 1. The van der Waals surface area contributed by atoms with Gasteiger partial charge in [0.15, 0.2) is 0 Å². The maximum Gasteiger partial charge on any atom is 0.387 e. The van der Waals surface area contributed by atoms with Crippen molar-refractivity contribution < 1.29 is 32.6 Å². The summed E-state index contributed by atoms with van der Waals surface area (Å²) in [5, 5.41) is 0. The number of carbonyl (C=O) groups excluding carboxylic acids is 2. The second kappa shape index (κ2) is 8.79. The fourth-order valence-corrected chi connectivity index (χ4v) is 2.96. The molecule has 26 heavy (non-hydrogen) atoms. The lowest BCUT2D eigenvalue weighted by atomic mass is 10.1. The normalized spacial score (nSPS) is 13.7. The summed E-state index contributed by atoms with van der Waals surface area (Å²) in [4.78, 5) is 25.8. The molecule has 0 aromatic heterocycles. The van der Waals surface area contributed by atoms with Gasteiger partial charge >= 0.3 is 18.6 Å². The average molecular weight is 477 g/mol. The fraction of sp³-hybridized carbons (Fsp3) is 0.176. The van der Waals surface area contributed by atoms with Crippen LogP contribution in [-0.4, -0.2) is 32.8 Å². The Hall–Kier alpha value is -2.43. The molecule has 0 bridgehead atoms. The highest BCUT2D eigenvalue weighted by atomic mass is 127. The minimum absolute atomic E-state index is 0.00643. The predicted molar refractivity (Wildman–Crippen MR) is 97.6 cm³/mol. The number of esters is 2. The molecule has 0 radical (unpaired) electrons. The molecule has 0 unspecified atom stereocenters. The Labute approximate surface area is 161 Å². The molecule has 0 spiro atoms. The van der Waals surface area contributed by atoms with Crippen molar-refractivity contribution in [3.63, 3.8) is 0 Å². The van der Waals surface area contributed by atoms with Crippen LogP contribution in [-0.2, 0) is 19.1 Å². The van der Waals surface area contributed by atoms with Crippen LogP contribution in [0.15, 0.2) is 53.9 Å². The molecule has 1 aliphatic rings. The number of hydrogen-bond donors (Lipinski definition) is 0. The van der Waals surface area contributed by atoms with E-state index < -0.39 is 18.6 Å². The number of ether oxygens (including phenoxy) is 3. The SMILES string of the molecule is COC(=O)C1=C(C(=O)OC)N(c2ccc(OC(F)F)cc2I)C=CC=C1. The number of alkyl halides is 2. The largest absolute Gasteiger partial charge is 0.465 e. The molecule has 6 nitrogen and oxygen atoms in total. The number of anilines is 1. The third kappa shape index (κ3) is 4.40. The number of benzene rings is 1. The molecule has 0 aliphatic carbocycles. The summed E-state index contributed by atoms with van der Waals surface area (Å²) >= 11 is 1.92. The first-order valence-electron chi connectivity index (χ1n) is 7.18. The lowest BCUT2D eigenvalue weighted by molar-refractivity contribution is -0.139. The number of rotatable bonds is 5. The third-order valence-corrected chi connectivity index (χ3v) is 4.16. The van der Waals surface area contributed by atoms with E-state index in [0.29, 0.717) is 9.26 Å². The van der Waals surface area contributed by atoms with E-state index in [4.69, 9.17) is 9.47 Å². The minimum Gasteiger partial charge on any atom is -0.465 e. The molecule has 1 aromatic rings. The topological polar surface area (TPSA) is 65.1 Å². The molecule has 0 N–H and O–H groups in total. The molecule has 9 heteroatoms. The predicted octanol–water partition coefficient (Wildman–Crippen LogP) is 3.38. The van der Waals surface area contributed by atoms with E-state index in [1.54, 1.807) is 18.4 Å². The Morgan fingerprint density at radius 1 is 1.12 bits per heavy atom. The van der Waals surface area contributed by atoms with Crippen LogP contribution in [0.3, 0.4) is 0 Å². The van der Waals surface area contributed by atoms with Gasteiger partial charge in [-0.05, 0) is 52.9 Å². The van der Waals surface area contributed by atoms with Crippen molar-refractivity contribution in [2.24, 2.45) is 0 Å². The van der Waals surface area contributed by atoms with E-state index in [2.05, 4.69) is 4.74 Å². The highest BCUT2D eigenvalue weighted by molar-refractivity contribution is 14.1. The van der Waals surface area contributed by atoms with Crippen molar-refractivity contribution in [3.8, 4) is 5.75 Å². The first-order chi connectivity index (χ1) is 12.4. The van der Waals surface area contributed by atoms with Gasteiger partial charge in [-0.25, -0.2) is 9.59 Å². The minimum atomic E-state index is -2.95. The third-order valence-electron chi connectivity index (χ3n) is 3.29. The van der Waals surface area contributed by atoms with Crippen molar-refractivity contribution in [1.82, 2.24) is 0 Å². The van der Waals surface area contributed by atoms with Crippen molar-refractivity contribution in [1.29, 1.82) is 0 Å². The Morgan fingerprint density at radius 2 is 1.81 bits per heavy atom. The average Bonchev–Trinajstić information content (AvgIpc) is 2.82. The first-order valence-corrected chi connectivity index (χ1v) is 8.26. The molecule has 0 saturated heterocycles. The molecule has 0 fully saturated rings. The zero-order valence-corrected chi connectivity index (χ0v) is 15.9. The van der Waals surface area contributed by atoms with E-state index in [0.717, 1.165) is 0 Å². The van der Waals surface area contributed by atoms with Crippen LogP contribution in [0.1, 0.15) is 0 Å². The molecule has 0 atom stereocenters. The van der Waals surface area contributed by atoms with Crippen molar-refractivity contribution in [3.05, 3.63) is 57.5 Å². The summed E-state index contributed by atoms with van der Waals surface area (Å²) in [6.45, 7) is -2.95. The van der Waals surface area contributed by atoms with Crippen molar-refractivity contribution in [2.45, 2.75) is 6.61 Å². The quantitative estimate of drug-likeness (QED) is 0.479. The molecule has 138 valence electrons. The zero-order valence-electron chi connectivity index (χ0n) is 13.7. The Bertz CT molecular complexity index is 804. The molecule has 0 amide bonds. The summed E-state index contributed by atoms with van der Waals surface area (Å²) in [6, 6.07) is 4.22. The number of hydrogen-bond acceptors (Lipinski definition) is 6. The Kier molecular flexibility index (Phi) is 6.72. The highest BCUT2D eigenvalue weighted by Gasteiger charge is 2.28. The highest BCUT2D eigenvalue weighted by Crippen LogP contribution is 2.32. The Balaban J connectivity index is 2.58. The van der Waals surface area contributed by atoms with Crippen LogP contribution in [0.25, 0.3) is 0 Å². The summed E-state index contributed by atoms with van der Waals surface area (Å²) in [5.41, 5.74) is 0.395. The van der Waals surface area contributed by atoms with Crippen LogP contribution in [0.4, 0.5) is 14.5 Å². The van der Waals surface area contributed by atoms with E-state index >= 15 is 0 Å². The van der Waals surface area contributed by atoms with Crippen LogP contribution in [0, 0.1) is 3.57 Å². The van der Waals surface area contributed by atoms with Crippen LogP contribution in [0.2, 0.25) is 0 Å². The van der Waals surface area contributed by atoms with Gasteiger partial charge in [0.05, 0.1) is 25.5 Å². The molecular weight excluding hydrogens is 463 g/mol. The first kappa shape index (κ1) is 19.9. The molecular formula is C17H14F2INO5. The van der Waals surface area contributed by atoms with Gasteiger partial charge in [0.25, 0.3) is 0 Å². The van der Waals surface area contributed by atoms with Gasteiger partial charge in [-0.2, -0.15) is 8.78 Å². The Morgan fingerprint density at radius 3 is 2.38 bits per heavy atom. The van der Waals surface area contributed by atoms with E-state index in [1.807, 2.05) is 22.6 Å². The van der Waals surface area contributed by atoms with Gasteiger partial charge < -0.3 is 19.1 Å². The monoisotopic (exact) mass is 477 g/mol. The maximum atomic E-state index is 12.4. The summed E-state index contributed by atoms with van der Waals surface area (Å²) in [5.74, 6) is -1.50. The maximum absolute atomic E-state index is 12.4. The summed E-state index contributed by atoms with van der Waals surface area (Å²) < 4.78 is 39.2. The van der Waals surface area contributed by atoms with Gasteiger partial charge in [-0.1, -0.05) is 6.08 Å². The van der Waals surface area contributed by atoms with Crippen molar-refractivity contribution in [2.75, 3.05) is 19.1 Å². The summed E-state index contributed by atoms with van der Waals surface area (Å²) in [7, 11) is 2.38. The van der Waals surface area contributed by atoms with Crippen LogP contribution >= 0.6 is 22.6 Å². The molecule has 1 aliphatic heterocycles. The zero-order chi connectivity index (χ0) is 19.3. The molecule has 1 aromatic carbocycles. The second-order valence-corrected chi connectivity index (χ2v) is 5.97. The van der Waals surface area contributed by atoms with E-state index in [9.17, 15) is 18.4 Å². The van der Waals surface area contributed by atoms with Gasteiger partial charge in [-0.15, -0.1) is 0 Å². The fourth-order valence-electron chi connectivity index (χ4n) is 2.21. The van der Waals surface area contributed by atoms with Crippen LogP contribution in [0.5, 0.6) is 5.75 Å². The second-order valence-electron chi connectivity index (χ2n) is 4.81. The van der Waals surface area contributed by atoms with E-state index in [1.165, 1.54) is 43.4 Å². The lowest BCUT2D eigenvalue weighted by Crippen LogP contribution is -2.27. The smallest absolute Gasteiger partial charge is 0.387 e. The number of allylic oxidation sites excluding steroid dienone is 2. The molecule has 1 heterocycles. The standard InChI is InChI=1S/C17H14F2INO5/c1-24-15(22)11-5-3-4-8-21(14(11)16(23)25-2)13-7-6-10(9-12(13)20)26-17(18)19/h3-9,17H,1-2H3. The van der Waals surface area contributed by atoms with Gasteiger partial charge in [0, 0.05) is 9.77 Å².